The van der Waals surface area contributed by atoms with Crippen LogP contribution in [-0.4, -0.2) is 30.6 Å². The normalized spacial score (nSPS) is 11.8. The van der Waals surface area contributed by atoms with Crippen LogP contribution in [0, 0.1) is 0 Å². The summed E-state index contributed by atoms with van der Waals surface area (Å²) in [5, 5.41) is 8.78. The molecule has 0 saturated carbocycles. The molecule has 7 heteroatoms. The van der Waals surface area contributed by atoms with Crippen molar-refractivity contribution in [2.24, 2.45) is 0 Å². The van der Waals surface area contributed by atoms with Crippen molar-refractivity contribution in [3.8, 4) is 11.6 Å². The Labute approximate surface area is 183 Å². The lowest BCUT2D eigenvalue weighted by atomic mass is 10.0. The number of halogens is 2. The van der Waals surface area contributed by atoms with Crippen molar-refractivity contribution < 1.29 is 4.42 Å². The molecule has 4 aromatic rings. The zero-order valence-electron chi connectivity index (χ0n) is 16.5. The molecule has 0 aliphatic carbocycles. The van der Waals surface area contributed by atoms with E-state index in [1.807, 2.05) is 62.6 Å². The molecule has 2 aromatic carbocycles. The molecule has 2 N–H and O–H groups in total. The van der Waals surface area contributed by atoms with Gasteiger partial charge in [-0.25, -0.2) is 9.97 Å². The smallest absolute Gasteiger partial charge is 0.196 e. The van der Waals surface area contributed by atoms with Gasteiger partial charge in [-0.3, -0.25) is 0 Å². The van der Waals surface area contributed by atoms with Gasteiger partial charge in [0.05, 0.1) is 17.3 Å². The fourth-order valence-electron chi connectivity index (χ4n) is 3.47. The van der Waals surface area contributed by atoms with Crippen molar-refractivity contribution in [2.75, 3.05) is 20.6 Å². The maximum Gasteiger partial charge on any atom is 0.196 e. The van der Waals surface area contributed by atoms with E-state index in [2.05, 4.69) is 16.7 Å². The summed E-state index contributed by atoms with van der Waals surface area (Å²) in [5.41, 5.74) is 2.81. The number of benzene rings is 2. The lowest BCUT2D eigenvalue weighted by Crippen LogP contribution is -2.20. The van der Waals surface area contributed by atoms with E-state index in [9.17, 15) is 0 Å². The van der Waals surface area contributed by atoms with Crippen LogP contribution < -0.4 is 10.6 Å². The Morgan fingerprint density at radius 2 is 1.72 bits per heavy atom. The third-order valence-corrected chi connectivity index (χ3v) is 4.88. The number of rotatable bonds is 7. The molecule has 0 aliphatic rings. The van der Waals surface area contributed by atoms with E-state index in [4.69, 9.17) is 14.4 Å². The van der Waals surface area contributed by atoms with Crippen LogP contribution in [0.2, 0.25) is 0 Å². The Balaban J connectivity index is 0.00000150. The molecule has 0 fully saturated rings. The average molecular weight is 433 g/mol. The number of furan rings is 1. The molecule has 29 heavy (non-hydrogen) atoms. The molecule has 0 aliphatic heterocycles. The van der Waals surface area contributed by atoms with Crippen molar-refractivity contribution in [2.45, 2.75) is 18.9 Å². The molecule has 1 unspecified atom stereocenters. The van der Waals surface area contributed by atoms with Crippen LogP contribution in [0.3, 0.4) is 0 Å². The maximum absolute atomic E-state index is 6.01. The lowest BCUT2D eigenvalue weighted by molar-refractivity contribution is 0.510. The second-order valence-corrected chi connectivity index (χ2v) is 6.69. The standard InChI is InChI=1S/C22H24N4O.2ClH/c1-23-13-7-11-18(24-2)21-16-9-4-5-10-17(16)25-22(26-21)20-14-15-8-3-6-12-19(15)27-20;;/h3-6,8-10,12,14,18,23-24H,7,11,13H2,1-2H3;2*1H. The summed E-state index contributed by atoms with van der Waals surface area (Å²) in [6.45, 7) is 0.984. The highest BCUT2D eigenvalue weighted by molar-refractivity contribution is 5.86. The Morgan fingerprint density at radius 1 is 0.966 bits per heavy atom. The highest BCUT2D eigenvalue weighted by Gasteiger charge is 2.18. The van der Waals surface area contributed by atoms with Gasteiger partial charge in [0.2, 0.25) is 0 Å². The molecule has 5 nitrogen and oxygen atoms in total. The van der Waals surface area contributed by atoms with E-state index in [1.165, 1.54) is 0 Å². The summed E-state index contributed by atoms with van der Waals surface area (Å²) in [5.74, 6) is 1.34. The van der Waals surface area contributed by atoms with Gasteiger partial charge >= 0.3 is 0 Å². The van der Waals surface area contributed by atoms with E-state index < -0.39 is 0 Å². The highest BCUT2D eigenvalue weighted by Crippen LogP contribution is 2.30. The van der Waals surface area contributed by atoms with Crippen molar-refractivity contribution in [3.05, 3.63) is 60.3 Å². The first-order valence-corrected chi connectivity index (χ1v) is 9.37. The fraction of sp³-hybridized carbons (Fsp3) is 0.273. The summed E-state index contributed by atoms with van der Waals surface area (Å²) in [6.07, 6.45) is 2.07. The van der Waals surface area contributed by atoms with Crippen LogP contribution in [0.25, 0.3) is 33.5 Å². The van der Waals surface area contributed by atoms with Gasteiger partial charge in [-0.1, -0.05) is 36.4 Å². The van der Waals surface area contributed by atoms with Gasteiger partial charge in [-0.15, -0.1) is 24.8 Å². The maximum atomic E-state index is 6.01. The van der Waals surface area contributed by atoms with E-state index >= 15 is 0 Å². The van der Waals surface area contributed by atoms with Crippen LogP contribution in [0.1, 0.15) is 24.6 Å². The summed E-state index contributed by atoms with van der Waals surface area (Å²) < 4.78 is 6.01. The third-order valence-electron chi connectivity index (χ3n) is 4.88. The molecule has 2 aromatic heterocycles. The predicted octanol–water partition coefficient (Wildman–Crippen LogP) is 5.15. The van der Waals surface area contributed by atoms with Gasteiger partial charge < -0.3 is 15.1 Å². The van der Waals surface area contributed by atoms with Gasteiger partial charge in [0.25, 0.3) is 0 Å². The zero-order chi connectivity index (χ0) is 18.6. The van der Waals surface area contributed by atoms with Crippen molar-refractivity contribution in [3.63, 3.8) is 0 Å². The van der Waals surface area contributed by atoms with Crippen molar-refractivity contribution in [1.29, 1.82) is 0 Å². The lowest BCUT2D eigenvalue weighted by Gasteiger charge is -2.18. The van der Waals surface area contributed by atoms with Gasteiger partial charge in [-0.05, 0) is 51.7 Å². The third kappa shape index (κ3) is 4.87. The summed E-state index contributed by atoms with van der Waals surface area (Å²) >= 11 is 0. The van der Waals surface area contributed by atoms with E-state index in [0.29, 0.717) is 11.6 Å². The van der Waals surface area contributed by atoms with E-state index in [0.717, 1.165) is 47.0 Å². The Hall–Kier alpha value is -2.18. The molecule has 0 bridgehead atoms. The number of aromatic nitrogens is 2. The molecule has 0 amide bonds. The number of fused-ring (bicyclic) bond motifs is 2. The molecule has 154 valence electrons. The Kier molecular flexibility index (Phi) is 8.41. The number of para-hydroxylation sites is 2. The highest BCUT2D eigenvalue weighted by atomic mass is 35.5. The van der Waals surface area contributed by atoms with Gasteiger partial charge in [0, 0.05) is 10.8 Å². The fourth-order valence-corrected chi connectivity index (χ4v) is 3.47. The quantitative estimate of drug-likeness (QED) is 0.395. The van der Waals surface area contributed by atoms with Gasteiger partial charge in [0.15, 0.2) is 11.6 Å². The van der Waals surface area contributed by atoms with Crippen LogP contribution in [-0.2, 0) is 0 Å². The first-order valence-electron chi connectivity index (χ1n) is 9.37. The monoisotopic (exact) mass is 432 g/mol. The number of nitrogens with zero attached hydrogens (tertiary/aromatic N) is 2. The number of hydrogen-bond donors (Lipinski definition) is 2. The summed E-state index contributed by atoms with van der Waals surface area (Å²) in [4.78, 5) is 9.70. The average Bonchev–Trinajstić information content (AvgIpc) is 3.15. The first kappa shape index (κ1) is 23.1. The summed E-state index contributed by atoms with van der Waals surface area (Å²) in [7, 11) is 3.97. The number of hydrogen-bond acceptors (Lipinski definition) is 5. The zero-order valence-corrected chi connectivity index (χ0v) is 18.1. The predicted molar refractivity (Wildman–Crippen MR) is 124 cm³/mol. The Morgan fingerprint density at radius 3 is 2.48 bits per heavy atom. The van der Waals surface area contributed by atoms with E-state index in [1.54, 1.807) is 0 Å². The van der Waals surface area contributed by atoms with Crippen LogP contribution in [0.4, 0.5) is 0 Å². The van der Waals surface area contributed by atoms with Crippen molar-refractivity contribution >= 4 is 46.7 Å². The molecular formula is C22H26Cl2N4O. The second kappa shape index (κ2) is 10.6. The van der Waals surface area contributed by atoms with Crippen molar-refractivity contribution in [1.82, 2.24) is 20.6 Å². The molecule has 4 rings (SSSR count). The molecule has 0 radical (unpaired) electrons. The first-order chi connectivity index (χ1) is 13.3. The van der Waals surface area contributed by atoms with Gasteiger partial charge in [-0.2, -0.15) is 0 Å². The van der Waals surface area contributed by atoms with Gasteiger partial charge in [0.1, 0.15) is 5.58 Å². The van der Waals surface area contributed by atoms with Crippen LogP contribution in [0.15, 0.2) is 59.0 Å². The summed E-state index contributed by atoms with van der Waals surface area (Å²) in [6, 6.07) is 18.3. The topological polar surface area (TPSA) is 63.0 Å². The van der Waals surface area contributed by atoms with Crippen LogP contribution >= 0.6 is 24.8 Å². The second-order valence-electron chi connectivity index (χ2n) is 6.69. The molecular weight excluding hydrogens is 407 g/mol. The number of nitrogens with one attached hydrogen (secondary N) is 2. The van der Waals surface area contributed by atoms with Crippen LogP contribution in [0.5, 0.6) is 0 Å². The molecule has 0 saturated heterocycles. The minimum Gasteiger partial charge on any atom is -0.453 e. The minimum atomic E-state index is 0. The minimum absolute atomic E-state index is 0. The Bertz CT molecular complexity index is 1030. The van der Waals surface area contributed by atoms with E-state index in [-0.39, 0.29) is 30.9 Å². The SMILES string of the molecule is CNCCCC(NC)c1nc(-c2cc3ccccc3o2)nc2ccccc12.Cl.Cl. The largest absolute Gasteiger partial charge is 0.453 e. The molecule has 2 heterocycles. The molecule has 1 atom stereocenters. The molecule has 0 spiro atoms.